The van der Waals surface area contributed by atoms with E-state index in [1.807, 2.05) is 24.3 Å². The molecule has 2 aromatic rings. The maximum atomic E-state index is 12.3. The van der Waals surface area contributed by atoms with Crippen molar-refractivity contribution in [3.63, 3.8) is 0 Å². The molecule has 0 saturated carbocycles. The van der Waals surface area contributed by atoms with Gasteiger partial charge in [0.15, 0.2) is 6.10 Å². The summed E-state index contributed by atoms with van der Waals surface area (Å²) in [7, 11) is 0. The van der Waals surface area contributed by atoms with Gasteiger partial charge in [0.25, 0.3) is 5.91 Å². The molecule has 1 saturated heterocycles. The van der Waals surface area contributed by atoms with Gasteiger partial charge in [-0.1, -0.05) is 30.3 Å². The number of amides is 1. The van der Waals surface area contributed by atoms with E-state index in [1.54, 1.807) is 23.2 Å². The number of hydrogen-bond donors (Lipinski definition) is 2. The summed E-state index contributed by atoms with van der Waals surface area (Å²) in [6.07, 6.45) is 2.49. The lowest BCUT2D eigenvalue weighted by atomic mass is 9.93. The van der Waals surface area contributed by atoms with Gasteiger partial charge in [0, 0.05) is 30.9 Å². The largest absolute Gasteiger partial charge is 0.378 e. The van der Waals surface area contributed by atoms with Crippen LogP contribution < -0.4 is 0 Å². The molecule has 1 unspecified atom stereocenters. The Labute approximate surface area is 123 Å². The number of aliphatic hydroxyl groups is 1. The lowest BCUT2D eigenvalue weighted by Crippen LogP contribution is -2.40. The number of hydrogen-bond acceptors (Lipinski definition) is 3. The van der Waals surface area contributed by atoms with Crippen LogP contribution in [0.15, 0.2) is 42.6 Å². The van der Waals surface area contributed by atoms with Crippen molar-refractivity contribution < 1.29 is 9.90 Å². The highest BCUT2D eigenvalue weighted by Crippen LogP contribution is 2.27. The monoisotopic (exact) mass is 285 g/mol. The van der Waals surface area contributed by atoms with Crippen molar-refractivity contribution in [2.75, 3.05) is 13.1 Å². The summed E-state index contributed by atoms with van der Waals surface area (Å²) >= 11 is 0. The Kier molecular flexibility index (Phi) is 4.01. The summed E-state index contributed by atoms with van der Waals surface area (Å²) in [4.78, 5) is 14.1. The van der Waals surface area contributed by atoms with Crippen LogP contribution in [0.5, 0.6) is 0 Å². The van der Waals surface area contributed by atoms with Crippen LogP contribution in [0.1, 0.15) is 36.1 Å². The highest BCUT2D eigenvalue weighted by atomic mass is 16.3. The number of aliphatic hydroxyl groups excluding tert-OH is 1. The van der Waals surface area contributed by atoms with Gasteiger partial charge in [0.2, 0.25) is 0 Å². The van der Waals surface area contributed by atoms with Gasteiger partial charge >= 0.3 is 0 Å². The average Bonchev–Trinajstić information content (AvgIpc) is 3.09. The molecule has 1 fully saturated rings. The number of nitrogens with one attached hydrogen (secondary N) is 1. The Morgan fingerprint density at radius 2 is 1.95 bits per heavy atom. The van der Waals surface area contributed by atoms with Crippen LogP contribution in [0, 0.1) is 0 Å². The Hall–Kier alpha value is -2.14. The molecule has 1 aromatic carbocycles. The number of benzene rings is 1. The van der Waals surface area contributed by atoms with Gasteiger partial charge in [-0.2, -0.15) is 5.10 Å². The lowest BCUT2D eigenvalue weighted by Gasteiger charge is -2.32. The molecule has 0 spiro atoms. The fourth-order valence-electron chi connectivity index (χ4n) is 2.86. The van der Waals surface area contributed by atoms with E-state index in [0.29, 0.717) is 24.6 Å². The van der Waals surface area contributed by atoms with Gasteiger partial charge in [0.05, 0.1) is 0 Å². The summed E-state index contributed by atoms with van der Waals surface area (Å²) in [5, 5.41) is 17.2. The van der Waals surface area contributed by atoms with E-state index in [9.17, 15) is 9.90 Å². The van der Waals surface area contributed by atoms with Crippen LogP contribution in [-0.4, -0.2) is 39.2 Å². The Balaban J connectivity index is 1.60. The van der Waals surface area contributed by atoms with Gasteiger partial charge in [-0.05, 0) is 24.5 Å². The first-order valence-electron chi connectivity index (χ1n) is 7.27. The van der Waals surface area contributed by atoms with Crippen molar-refractivity contribution in [1.82, 2.24) is 15.1 Å². The third-order valence-corrected chi connectivity index (χ3v) is 4.12. The molecule has 2 N–H and O–H groups in total. The molecule has 21 heavy (non-hydrogen) atoms. The van der Waals surface area contributed by atoms with Crippen molar-refractivity contribution in [2.24, 2.45) is 0 Å². The number of aromatic nitrogens is 2. The maximum absolute atomic E-state index is 12.3. The zero-order valence-corrected chi connectivity index (χ0v) is 11.8. The van der Waals surface area contributed by atoms with Crippen LogP contribution in [0.2, 0.25) is 0 Å². The number of rotatable bonds is 3. The van der Waals surface area contributed by atoms with Crippen LogP contribution in [0.4, 0.5) is 0 Å². The molecule has 2 heterocycles. The van der Waals surface area contributed by atoms with Crippen LogP contribution in [0.25, 0.3) is 0 Å². The molecule has 1 aromatic heterocycles. The summed E-state index contributed by atoms with van der Waals surface area (Å²) in [5.74, 6) is 0.217. The molecule has 1 amide bonds. The van der Waals surface area contributed by atoms with Gasteiger partial charge in [-0.15, -0.1) is 0 Å². The smallest absolute Gasteiger partial charge is 0.256 e. The summed E-state index contributed by atoms with van der Waals surface area (Å²) < 4.78 is 0. The number of H-pyrrole nitrogens is 1. The third-order valence-electron chi connectivity index (χ3n) is 4.12. The second-order valence-electron chi connectivity index (χ2n) is 5.42. The number of nitrogens with zero attached hydrogens (tertiary/aromatic N) is 2. The second kappa shape index (κ2) is 6.10. The summed E-state index contributed by atoms with van der Waals surface area (Å²) in [6.45, 7) is 1.35. The van der Waals surface area contributed by atoms with E-state index in [4.69, 9.17) is 0 Å². The van der Waals surface area contributed by atoms with E-state index in [2.05, 4.69) is 10.2 Å². The normalized spacial score (nSPS) is 17.7. The van der Waals surface area contributed by atoms with E-state index in [1.165, 1.54) is 0 Å². The van der Waals surface area contributed by atoms with Crippen LogP contribution in [-0.2, 0) is 4.79 Å². The predicted molar refractivity (Wildman–Crippen MR) is 78.5 cm³/mol. The minimum Gasteiger partial charge on any atom is -0.378 e. The highest BCUT2D eigenvalue weighted by Gasteiger charge is 2.28. The molecule has 0 bridgehead atoms. The predicted octanol–water partition coefficient (Wildman–Crippen LogP) is 1.85. The highest BCUT2D eigenvalue weighted by molar-refractivity contribution is 5.82. The van der Waals surface area contributed by atoms with Crippen molar-refractivity contribution in [1.29, 1.82) is 0 Å². The number of carbonyl (C=O) groups is 1. The van der Waals surface area contributed by atoms with Gasteiger partial charge in [-0.3, -0.25) is 9.89 Å². The molecule has 0 aliphatic carbocycles. The number of carbonyl (C=O) groups excluding carboxylic acids is 1. The number of piperidine rings is 1. The summed E-state index contributed by atoms with van der Waals surface area (Å²) in [6, 6.07) is 11.1. The fraction of sp³-hybridized carbons (Fsp3) is 0.375. The number of aromatic amines is 1. The number of likely N-dealkylation sites (tertiary alicyclic amines) is 1. The SMILES string of the molecule is O=C(C(O)c1ccccc1)N1CCC(c2ccn[nH]2)CC1. The van der Waals surface area contributed by atoms with Crippen molar-refractivity contribution in [3.8, 4) is 0 Å². The molecular weight excluding hydrogens is 266 g/mol. The Morgan fingerprint density at radius 1 is 1.24 bits per heavy atom. The minimum absolute atomic E-state index is 0.204. The average molecular weight is 285 g/mol. The van der Waals surface area contributed by atoms with E-state index >= 15 is 0 Å². The van der Waals surface area contributed by atoms with Gasteiger partial charge in [-0.25, -0.2) is 0 Å². The third kappa shape index (κ3) is 2.97. The molecule has 1 atom stereocenters. The quantitative estimate of drug-likeness (QED) is 0.904. The van der Waals surface area contributed by atoms with Crippen molar-refractivity contribution >= 4 is 5.91 Å². The van der Waals surface area contributed by atoms with Crippen LogP contribution in [0.3, 0.4) is 0 Å². The van der Waals surface area contributed by atoms with E-state index in [-0.39, 0.29) is 5.91 Å². The molecular formula is C16H19N3O2. The molecule has 0 radical (unpaired) electrons. The second-order valence-corrected chi connectivity index (χ2v) is 5.42. The lowest BCUT2D eigenvalue weighted by molar-refractivity contribution is -0.141. The van der Waals surface area contributed by atoms with E-state index in [0.717, 1.165) is 18.5 Å². The Bertz CT molecular complexity index is 575. The van der Waals surface area contributed by atoms with Crippen molar-refractivity contribution in [3.05, 3.63) is 53.9 Å². The molecule has 3 rings (SSSR count). The molecule has 5 heteroatoms. The first-order valence-corrected chi connectivity index (χ1v) is 7.27. The van der Waals surface area contributed by atoms with Crippen molar-refractivity contribution in [2.45, 2.75) is 24.9 Å². The van der Waals surface area contributed by atoms with E-state index < -0.39 is 6.10 Å². The minimum atomic E-state index is -1.06. The molecule has 1 aliphatic heterocycles. The zero-order chi connectivity index (χ0) is 14.7. The van der Waals surface area contributed by atoms with Crippen LogP contribution >= 0.6 is 0 Å². The van der Waals surface area contributed by atoms with Gasteiger partial charge < -0.3 is 10.0 Å². The first-order chi connectivity index (χ1) is 10.3. The first kappa shape index (κ1) is 13.8. The topological polar surface area (TPSA) is 69.2 Å². The fourth-order valence-corrected chi connectivity index (χ4v) is 2.86. The Morgan fingerprint density at radius 3 is 2.57 bits per heavy atom. The zero-order valence-electron chi connectivity index (χ0n) is 11.8. The maximum Gasteiger partial charge on any atom is 0.256 e. The molecule has 5 nitrogen and oxygen atoms in total. The van der Waals surface area contributed by atoms with Gasteiger partial charge in [0.1, 0.15) is 0 Å². The standard InChI is InChI=1S/C16H19N3O2/c20-15(13-4-2-1-3-5-13)16(21)19-10-7-12(8-11-19)14-6-9-17-18-14/h1-6,9,12,15,20H,7-8,10-11H2,(H,17,18). The molecule has 1 aliphatic rings. The summed E-state index contributed by atoms with van der Waals surface area (Å²) in [5.41, 5.74) is 1.78. The molecule has 110 valence electrons.